The quantitative estimate of drug-likeness (QED) is 0.879. The van der Waals surface area contributed by atoms with Crippen molar-refractivity contribution in [3.63, 3.8) is 0 Å². The summed E-state index contributed by atoms with van der Waals surface area (Å²) in [6.07, 6.45) is 0. The lowest BCUT2D eigenvalue weighted by molar-refractivity contribution is -0.0507. The molecule has 1 heterocycles. The van der Waals surface area contributed by atoms with Gasteiger partial charge in [0.25, 0.3) is 0 Å². The van der Waals surface area contributed by atoms with Crippen molar-refractivity contribution in [1.82, 2.24) is 10.3 Å². The highest BCUT2D eigenvalue weighted by Gasteiger charge is 2.11. The van der Waals surface area contributed by atoms with Crippen molar-refractivity contribution in [2.45, 2.75) is 40.5 Å². The highest BCUT2D eigenvalue weighted by atomic mass is 19.3. The first-order valence-electron chi connectivity index (χ1n) is 7.14. The first kappa shape index (κ1) is 16.4. The molecule has 0 radical (unpaired) electrons. The minimum Gasteiger partial charge on any atom is -0.434 e. The lowest BCUT2D eigenvalue weighted by Crippen LogP contribution is -2.14. The molecule has 0 amide bonds. The Kier molecular flexibility index (Phi) is 5.44. The smallest absolute Gasteiger partial charge is 0.387 e. The van der Waals surface area contributed by atoms with E-state index in [2.05, 4.69) is 15.0 Å². The molecule has 0 aliphatic heterocycles. The molecule has 0 atom stereocenters. The highest BCUT2D eigenvalue weighted by Crippen LogP contribution is 2.26. The zero-order chi connectivity index (χ0) is 16.1. The molecule has 22 heavy (non-hydrogen) atoms. The number of hydrogen-bond acceptors (Lipinski definition) is 3. The maximum absolute atomic E-state index is 12.4. The molecule has 1 aromatic carbocycles. The molecule has 3 nitrogen and oxygen atoms in total. The average Bonchev–Trinajstić information content (AvgIpc) is 2.43. The predicted octanol–water partition coefficient (Wildman–Crippen LogP) is 3.90. The van der Waals surface area contributed by atoms with Gasteiger partial charge in [-0.3, -0.25) is 4.98 Å². The summed E-state index contributed by atoms with van der Waals surface area (Å²) < 4.78 is 29.3. The maximum Gasteiger partial charge on any atom is 0.387 e. The van der Waals surface area contributed by atoms with Crippen molar-refractivity contribution >= 4 is 0 Å². The van der Waals surface area contributed by atoms with Crippen LogP contribution in [0.5, 0.6) is 5.75 Å². The number of rotatable bonds is 6. The van der Waals surface area contributed by atoms with Gasteiger partial charge in [-0.05, 0) is 49.6 Å². The number of aromatic nitrogens is 1. The number of ether oxygens (including phenoxy) is 1. The average molecular weight is 306 g/mol. The van der Waals surface area contributed by atoms with Gasteiger partial charge in [-0.15, -0.1) is 0 Å². The van der Waals surface area contributed by atoms with Crippen LogP contribution < -0.4 is 10.1 Å². The van der Waals surface area contributed by atoms with Crippen LogP contribution in [-0.2, 0) is 13.1 Å². The fourth-order valence-electron chi connectivity index (χ4n) is 2.45. The van der Waals surface area contributed by atoms with Crippen molar-refractivity contribution in [2.75, 3.05) is 0 Å². The molecule has 2 aromatic rings. The maximum atomic E-state index is 12.4. The van der Waals surface area contributed by atoms with Gasteiger partial charge in [0.2, 0.25) is 0 Å². The van der Waals surface area contributed by atoms with Crippen molar-refractivity contribution in [3.8, 4) is 5.75 Å². The number of nitrogens with one attached hydrogen (secondary N) is 1. The van der Waals surface area contributed by atoms with Gasteiger partial charge in [0.1, 0.15) is 5.75 Å². The topological polar surface area (TPSA) is 34.1 Å². The fourth-order valence-corrected chi connectivity index (χ4v) is 2.45. The number of benzene rings is 1. The van der Waals surface area contributed by atoms with Crippen LogP contribution in [0.25, 0.3) is 0 Å². The predicted molar refractivity (Wildman–Crippen MR) is 82.1 cm³/mol. The third kappa shape index (κ3) is 4.49. The zero-order valence-electron chi connectivity index (χ0n) is 13.0. The molecule has 0 saturated carbocycles. The van der Waals surface area contributed by atoms with Crippen LogP contribution in [0, 0.1) is 20.8 Å². The number of halogens is 2. The fraction of sp³-hybridized carbons (Fsp3) is 0.353. The number of alkyl halides is 2. The summed E-state index contributed by atoms with van der Waals surface area (Å²) in [5.41, 5.74) is 4.42. The van der Waals surface area contributed by atoms with E-state index >= 15 is 0 Å². The summed E-state index contributed by atoms with van der Waals surface area (Å²) in [5, 5.41) is 3.31. The summed E-state index contributed by atoms with van der Waals surface area (Å²) in [6.45, 7) is 4.01. The monoisotopic (exact) mass is 306 g/mol. The molecule has 118 valence electrons. The van der Waals surface area contributed by atoms with Crippen LogP contribution in [0.4, 0.5) is 8.78 Å². The van der Waals surface area contributed by atoms with Gasteiger partial charge in [-0.1, -0.05) is 18.2 Å². The molecule has 1 N–H and O–H groups in total. The Labute approximate surface area is 129 Å². The second-order valence-corrected chi connectivity index (χ2v) is 5.31. The normalized spacial score (nSPS) is 11.0. The zero-order valence-corrected chi connectivity index (χ0v) is 13.0. The summed E-state index contributed by atoms with van der Waals surface area (Å²) in [7, 11) is 0. The van der Waals surface area contributed by atoms with Gasteiger partial charge in [-0.25, -0.2) is 0 Å². The van der Waals surface area contributed by atoms with Crippen LogP contribution in [0.1, 0.15) is 28.1 Å². The summed E-state index contributed by atoms with van der Waals surface area (Å²) in [6, 6.07) is 9.63. The molecule has 2 rings (SSSR count). The Hall–Kier alpha value is -2.01. The van der Waals surface area contributed by atoms with Crippen LogP contribution in [-0.4, -0.2) is 11.6 Å². The number of aryl methyl sites for hydroxylation is 3. The van der Waals surface area contributed by atoms with E-state index in [1.54, 1.807) is 13.8 Å². The third-order valence-electron chi connectivity index (χ3n) is 3.31. The standard InChI is InChI=1S/C17H20F2N2O/c1-11-7-14(8-12(2)16(11)22-17(18)19)9-20-10-15-6-4-5-13(3)21-15/h4-8,17,20H,9-10H2,1-3H3. The summed E-state index contributed by atoms with van der Waals surface area (Å²) in [5.74, 6) is 0.263. The van der Waals surface area contributed by atoms with Crippen LogP contribution >= 0.6 is 0 Å². The van der Waals surface area contributed by atoms with E-state index in [0.717, 1.165) is 17.0 Å². The second-order valence-electron chi connectivity index (χ2n) is 5.31. The molecular formula is C17H20F2N2O. The molecule has 0 saturated heterocycles. The molecule has 1 aromatic heterocycles. The first-order valence-corrected chi connectivity index (χ1v) is 7.14. The van der Waals surface area contributed by atoms with Crippen molar-refractivity contribution in [2.24, 2.45) is 0 Å². The molecule has 0 spiro atoms. The van der Waals surface area contributed by atoms with E-state index < -0.39 is 6.61 Å². The molecule has 0 bridgehead atoms. The highest BCUT2D eigenvalue weighted by molar-refractivity contribution is 5.43. The van der Waals surface area contributed by atoms with Gasteiger partial charge in [-0.2, -0.15) is 8.78 Å². The summed E-state index contributed by atoms with van der Waals surface area (Å²) in [4.78, 5) is 4.42. The van der Waals surface area contributed by atoms with E-state index in [0.29, 0.717) is 24.2 Å². The van der Waals surface area contributed by atoms with Gasteiger partial charge in [0.15, 0.2) is 0 Å². The number of pyridine rings is 1. The minimum atomic E-state index is -2.80. The lowest BCUT2D eigenvalue weighted by Gasteiger charge is -2.13. The van der Waals surface area contributed by atoms with E-state index in [1.807, 2.05) is 37.3 Å². The van der Waals surface area contributed by atoms with E-state index in [9.17, 15) is 8.78 Å². The Morgan fingerprint density at radius 3 is 2.36 bits per heavy atom. The number of nitrogens with zero attached hydrogens (tertiary/aromatic N) is 1. The first-order chi connectivity index (χ1) is 10.5. The van der Waals surface area contributed by atoms with Crippen LogP contribution in [0.2, 0.25) is 0 Å². The SMILES string of the molecule is Cc1cccc(CNCc2cc(C)c(OC(F)F)c(C)c2)n1. The van der Waals surface area contributed by atoms with Gasteiger partial charge in [0, 0.05) is 18.8 Å². The third-order valence-corrected chi connectivity index (χ3v) is 3.31. The molecule has 0 fully saturated rings. The molecule has 0 aliphatic carbocycles. The largest absolute Gasteiger partial charge is 0.434 e. The minimum absolute atomic E-state index is 0.263. The molecular weight excluding hydrogens is 286 g/mol. The van der Waals surface area contributed by atoms with Crippen LogP contribution in [0.15, 0.2) is 30.3 Å². The van der Waals surface area contributed by atoms with E-state index in [-0.39, 0.29) is 5.75 Å². The lowest BCUT2D eigenvalue weighted by atomic mass is 10.1. The van der Waals surface area contributed by atoms with E-state index in [1.165, 1.54) is 0 Å². The van der Waals surface area contributed by atoms with Gasteiger partial charge >= 0.3 is 6.61 Å². The van der Waals surface area contributed by atoms with Crippen molar-refractivity contribution in [3.05, 3.63) is 58.4 Å². The van der Waals surface area contributed by atoms with Crippen molar-refractivity contribution in [1.29, 1.82) is 0 Å². The van der Waals surface area contributed by atoms with Gasteiger partial charge in [0.05, 0.1) is 5.69 Å². The Bertz CT molecular complexity index is 621. The van der Waals surface area contributed by atoms with Gasteiger partial charge < -0.3 is 10.1 Å². The molecule has 5 heteroatoms. The van der Waals surface area contributed by atoms with Crippen molar-refractivity contribution < 1.29 is 13.5 Å². The Morgan fingerprint density at radius 2 is 1.77 bits per heavy atom. The second kappa shape index (κ2) is 7.31. The summed E-state index contributed by atoms with van der Waals surface area (Å²) >= 11 is 0. The van der Waals surface area contributed by atoms with E-state index in [4.69, 9.17) is 0 Å². The molecule has 0 unspecified atom stereocenters. The number of hydrogen-bond donors (Lipinski definition) is 1. The van der Waals surface area contributed by atoms with Crippen LogP contribution in [0.3, 0.4) is 0 Å². The Morgan fingerprint density at radius 1 is 1.09 bits per heavy atom. The molecule has 0 aliphatic rings. The Balaban J connectivity index is 1.99.